The van der Waals surface area contributed by atoms with Crippen LogP contribution in [0.5, 0.6) is 0 Å². The molecule has 1 aliphatic carbocycles. The Morgan fingerprint density at radius 1 is 0.826 bits per heavy atom. The molecule has 1 aliphatic rings. The third-order valence-corrected chi connectivity index (χ3v) is 5.51. The number of ketones is 2. The number of fused-ring (bicyclic) bond motifs is 1. The van der Waals surface area contributed by atoms with E-state index in [0.717, 1.165) is 6.07 Å². The molecule has 0 aromatic heterocycles. The van der Waals surface area contributed by atoms with Crippen LogP contribution in [0.15, 0.2) is 18.2 Å². The van der Waals surface area contributed by atoms with Gasteiger partial charge in [-0.25, -0.2) is 16.8 Å². The Balaban J connectivity index is 0.00000242. The molecule has 114 valence electrons. The summed E-state index contributed by atoms with van der Waals surface area (Å²) in [6, 6.07) is 3.68. The van der Waals surface area contributed by atoms with E-state index in [9.17, 15) is 35.5 Å². The molecule has 0 amide bonds. The smallest absolute Gasteiger partial charge is 0.747 e. The quantitative estimate of drug-likeness (QED) is 0.364. The van der Waals surface area contributed by atoms with Gasteiger partial charge in [0.05, 0.1) is 0 Å². The predicted molar refractivity (Wildman–Crippen MR) is 66.8 cm³/mol. The Kier molecular flexibility index (Phi) is 7.86. The SMILES string of the molecule is Cc1ccc2c(c1)C(=O)C(S(=O)(=O)[O-])C(S(=O)(=O)[O-])C2=O.[Na+].[Na+]. The maximum absolute atomic E-state index is 12.1. The van der Waals surface area contributed by atoms with Gasteiger partial charge in [0.1, 0.15) is 30.7 Å². The van der Waals surface area contributed by atoms with Gasteiger partial charge in [0.2, 0.25) is 0 Å². The molecule has 2 rings (SSSR count). The predicted octanol–water partition coefficient (Wildman–Crippen LogP) is -6.79. The minimum absolute atomic E-state index is 0. The summed E-state index contributed by atoms with van der Waals surface area (Å²) in [5.41, 5.74) is -0.250. The number of benzene rings is 1. The van der Waals surface area contributed by atoms with E-state index >= 15 is 0 Å². The summed E-state index contributed by atoms with van der Waals surface area (Å²) in [5, 5.41) is -5.50. The molecule has 0 saturated heterocycles. The van der Waals surface area contributed by atoms with Gasteiger partial charge >= 0.3 is 59.1 Å². The molecule has 8 nitrogen and oxygen atoms in total. The summed E-state index contributed by atoms with van der Waals surface area (Å²) in [5.74, 6) is -2.71. The van der Waals surface area contributed by atoms with E-state index in [2.05, 4.69) is 0 Å². The average Bonchev–Trinajstić information content (AvgIpc) is 2.30. The first kappa shape index (κ1) is 23.4. The first-order chi connectivity index (χ1) is 9.44. The third-order valence-electron chi connectivity index (χ3n) is 3.12. The number of rotatable bonds is 2. The second kappa shape index (κ2) is 7.73. The molecule has 0 aliphatic heterocycles. The molecule has 2 unspecified atom stereocenters. The number of Topliss-reactive ketones (excluding diaryl/α,β-unsaturated/α-hetero) is 2. The van der Waals surface area contributed by atoms with E-state index in [0.29, 0.717) is 5.56 Å². The molecule has 0 heterocycles. The Morgan fingerprint density at radius 2 is 1.22 bits per heavy atom. The Hall–Kier alpha value is 0.380. The van der Waals surface area contributed by atoms with Crippen molar-refractivity contribution in [1.29, 1.82) is 0 Å². The molecular weight excluding hydrogens is 370 g/mol. The first-order valence-corrected chi connectivity index (χ1v) is 8.47. The van der Waals surface area contributed by atoms with E-state index in [1.54, 1.807) is 6.92 Å². The van der Waals surface area contributed by atoms with Gasteiger partial charge in [0.15, 0.2) is 11.6 Å². The maximum Gasteiger partial charge on any atom is 1.00 e. The van der Waals surface area contributed by atoms with Crippen LogP contribution in [0, 0.1) is 6.92 Å². The van der Waals surface area contributed by atoms with Crippen LogP contribution in [0.1, 0.15) is 26.3 Å². The number of carbonyl (C=O) groups excluding carboxylic acids is 2. The van der Waals surface area contributed by atoms with E-state index in [4.69, 9.17) is 0 Å². The molecule has 0 N–H and O–H groups in total. The van der Waals surface area contributed by atoms with Crippen molar-refractivity contribution < 1.29 is 94.6 Å². The van der Waals surface area contributed by atoms with Crippen LogP contribution in [0.25, 0.3) is 0 Å². The summed E-state index contributed by atoms with van der Waals surface area (Å²) in [4.78, 5) is 24.1. The Labute approximate surface area is 177 Å². The van der Waals surface area contributed by atoms with Gasteiger partial charge in [0, 0.05) is 11.1 Å². The molecule has 1 aromatic carbocycles. The molecule has 0 spiro atoms. The minimum atomic E-state index is -5.50. The van der Waals surface area contributed by atoms with Crippen molar-refractivity contribution in [2.24, 2.45) is 0 Å². The Morgan fingerprint density at radius 3 is 1.61 bits per heavy atom. The molecule has 0 radical (unpaired) electrons. The third kappa shape index (κ3) is 4.51. The van der Waals surface area contributed by atoms with Gasteiger partial charge in [0.25, 0.3) is 0 Å². The fraction of sp³-hybridized carbons (Fsp3) is 0.273. The van der Waals surface area contributed by atoms with E-state index < -0.39 is 42.3 Å². The van der Waals surface area contributed by atoms with Gasteiger partial charge in [-0.1, -0.05) is 17.7 Å². The van der Waals surface area contributed by atoms with E-state index in [1.165, 1.54) is 12.1 Å². The molecular formula is C11H8Na2O8S2. The summed E-state index contributed by atoms with van der Waals surface area (Å²) < 4.78 is 66.9. The molecule has 1 aromatic rings. The van der Waals surface area contributed by atoms with E-state index in [1.807, 2.05) is 0 Å². The van der Waals surface area contributed by atoms with Crippen molar-refractivity contribution in [3.05, 3.63) is 34.9 Å². The number of hydrogen-bond donors (Lipinski definition) is 0. The maximum atomic E-state index is 12.1. The van der Waals surface area contributed by atoms with Crippen molar-refractivity contribution in [2.75, 3.05) is 0 Å². The fourth-order valence-electron chi connectivity index (χ4n) is 2.22. The van der Waals surface area contributed by atoms with Crippen molar-refractivity contribution in [3.63, 3.8) is 0 Å². The van der Waals surface area contributed by atoms with Crippen LogP contribution in [-0.4, -0.2) is 48.0 Å². The molecule has 23 heavy (non-hydrogen) atoms. The molecule has 0 saturated carbocycles. The normalized spacial score (nSPS) is 21.0. The topological polar surface area (TPSA) is 149 Å². The second-order valence-corrected chi connectivity index (χ2v) is 7.59. The number of carbonyl (C=O) groups is 2. The molecule has 12 heteroatoms. The Bertz CT molecular complexity index is 860. The van der Waals surface area contributed by atoms with Crippen molar-refractivity contribution in [1.82, 2.24) is 0 Å². The van der Waals surface area contributed by atoms with Gasteiger partial charge in [-0.3, -0.25) is 9.59 Å². The molecule has 2 atom stereocenters. The summed E-state index contributed by atoms with van der Waals surface area (Å²) in [6.45, 7) is 1.55. The van der Waals surface area contributed by atoms with Crippen LogP contribution in [0.3, 0.4) is 0 Å². The fourth-order valence-corrected chi connectivity index (χ4v) is 4.67. The first-order valence-electron chi connectivity index (χ1n) is 5.53. The van der Waals surface area contributed by atoms with Crippen LogP contribution < -0.4 is 59.1 Å². The van der Waals surface area contributed by atoms with Gasteiger partial charge in [-0.2, -0.15) is 0 Å². The molecule has 0 bridgehead atoms. The van der Waals surface area contributed by atoms with Crippen LogP contribution in [0.2, 0.25) is 0 Å². The van der Waals surface area contributed by atoms with Crippen molar-refractivity contribution in [2.45, 2.75) is 17.4 Å². The largest absolute Gasteiger partial charge is 1.00 e. The van der Waals surface area contributed by atoms with Crippen molar-refractivity contribution >= 4 is 31.8 Å². The van der Waals surface area contributed by atoms with E-state index in [-0.39, 0.29) is 70.2 Å². The van der Waals surface area contributed by atoms with Crippen LogP contribution >= 0.6 is 0 Å². The van der Waals surface area contributed by atoms with Crippen LogP contribution in [0.4, 0.5) is 0 Å². The monoisotopic (exact) mass is 378 g/mol. The summed E-state index contributed by atoms with van der Waals surface area (Å²) in [7, 11) is -11.0. The zero-order chi connectivity index (χ0) is 16.2. The van der Waals surface area contributed by atoms with Gasteiger partial charge in [-0.15, -0.1) is 0 Å². The van der Waals surface area contributed by atoms with Crippen molar-refractivity contribution in [3.8, 4) is 0 Å². The van der Waals surface area contributed by atoms with Crippen LogP contribution in [-0.2, 0) is 20.2 Å². The average molecular weight is 378 g/mol. The zero-order valence-corrected chi connectivity index (χ0v) is 18.1. The number of aryl methyl sites for hydroxylation is 1. The summed E-state index contributed by atoms with van der Waals surface area (Å²) in [6.07, 6.45) is 0. The van der Waals surface area contributed by atoms with Gasteiger partial charge < -0.3 is 9.11 Å². The molecule has 0 fully saturated rings. The minimum Gasteiger partial charge on any atom is -0.747 e. The standard InChI is InChI=1S/C11H10O8S2.2Na/c1-5-2-3-6-7(4-5)9(13)11(21(17,18)19)10(8(6)12)20(14,15)16;;/h2-4,10-11H,1H3,(H,14,15,16)(H,17,18,19);;/q;2*+1/p-2. The zero-order valence-electron chi connectivity index (χ0n) is 12.5. The van der Waals surface area contributed by atoms with Gasteiger partial charge in [-0.05, 0) is 13.0 Å². The number of hydrogen-bond acceptors (Lipinski definition) is 8. The summed E-state index contributed by atoms with van der Waals surface area (Å²) >= 11 is 0. The second-order valence-electron chi connectivity index (χ2n) is 4.60.